The van der Waals surface area contributed by atoms with Crippen LogP contribution < -0.4 is 16.2 Å². The average molecular weight is 322 g/mol. The molecule has 2 aromatic rings. The smallest absolute Gasteiger partial charge is 0.305 e. The molecule has 1 aromatic heterocycles. The van der Waals surface area contributed by atoms with Gasteiger partial charge in [-0.05, 0) is 36.8 Å². The summed E-state index contributed by atoms with van der Waals surface area (Å²) in [7, 11) is 0. The Morgan fingerprint density at radius 3 is 2.55 bits per heavy atom. The molecule has 1 aromatic carbocycles. The molecule has 2 rings (SSSR count). The Balaban J connectivity index is 1.73. The molecule has 0 radical (unpaired) electrons. The van der Waals surface area contributed by atoms with Crippen LogP contribution in [0.15, 0.2) is 47.1 Å². The highest BCUT2D eigenvalue weighted by Crippen LogP contribution is 2.15. The van der Waals surface area contributed by atoms with E-state index in [-0.39, 0.29) is 24.3 Å². The van der Waals surface area contributed by atoms with E-state index in [2.05, 4.69) is 16.2 Å². The predicted octanol–water partition coefficient (Wildman–Crippen LogP) is 2.04. The fourth-order valence-electron chi connectivity index (χ4n) is 1.76. The molecule has 0 fully saturated rings. The first kappa shape index (κ1) is 16.1. The van der Waals surface area contributed by atoms with Gasteiger partial charge in [-0.15, -0.1) is 0 Å². The van der Waals surface area contributed by atoms with Gasteiger partial charge in [-0.3, -0.25) is 20.4 Å². The number of nitrogens with one attached hydrogen (secondary N) is 3. The maximum atomic E-state index is 11.7. The van der Waals surface area contributed by atoms with Gasteiger partial charge in [-0.25, -0.2) is 0 Å². The van der Waals surface area contributed by atoms with Crippen LogP contribution in [-0.4, -0.2) is 18.4 Å². The SMILES string of the molecule is C[C@H](NCC(=O)NNC(=O)c1ccco1)c1ccc(Cl)cc1. The first-order valence-corrected chi connectivity index (χ1v) is 7.05. The fraction of sp³-hybridized carbons (Fsp3) is 0.200. The van der Waals surface area contributed by atoms with Crippen molar-refractivity contribution in [3.63, 3.8) is 0 Å². The van der Waals surface area contributed by atoms with Gasteiger partial charge < -0.3 is 9.73 Å². The van der Waals surface area contributed by atoms with E-state index in [4.69, 9.17) is 16.0 Å². The zero-order chi connectivity index (χ0) is 15.9. The number of amides is 2. The van der Waals surface area contributed by atoms with Crippen molar-refractivity contribution >= 4 is 23.4 Å². The van der Waals surface area contributed by atoms with E-state index >= 15 is 0 Å². The number of hydrazine groups is 1. The molecule has 116 valence electrons. The predicted molar refractivity (Wildman–Crippen MR) is 82.2 cm³/mol. The normalized spacial score (nSPS) is 11.7. The van der Waals surface area contributed by atoms with Crippen LogP contribution in [0.25, 0.3) is 0 Å². The number of hydrogen-bond donors (Lipinski definition) is 3. The van der Waals surface area contributed by atoms with E-state index < -0.39 is 5.91 Å². The van der Waals surface area contributed by atoms with E-state index in [0.29, 0.717) is 5.02 Å². The van der Waals surface area contributed by atoms with Crippen LogP contribution in [0.5, 0.6) is 0 Å². The molecule has 0 aliphatic rings. The van der Waals surface area contributed by atoms with E-state index in [1.54, 1.807) is 18.2 Å². The van der Waals surface area contributed by atoms with E-state index in [1.807, 2.05) is 19.1 Å². The lowest BCUT2D eigenvalue weighted by atomic mass is 10.1. The molecule has 0 aliphatic heterocycles. The minimum absolute atomic E-state index is 0.0243. The third kappa shape index (κ3) is 4.61. The molecular weight excluding hydrogens is 306 g/mol. The minimum Gasteiger partial charge on any atom is -0.459 e. The summed E-state index contributed by atoms with van der Waals surface area (Å²) in [6.07, 6.45) is 1.38. The van der Waals surface area contributed by atoms with E-state index in [9.17, 15) is 9.59 Å². The van der Waals surface area contributed by atoms with Gasteiger partial charge in [-0.1, -0.05) is 23.7 Å². The van der Waals surface area contributed by atoms with Crippen molar-refractivity contribution in [2.45, 2.75) is 13.0 Å². The Hall–Kier alpha value is -2.31. The van der Waals surface area contributed by atoms with Crippen molar-refractivity contribution in [3.05, 3.63) is 59.0 Å². The van der Waals surface area contributed by atoms with Crippen LogP contribution in [0.2, 0.25) is 5.02 Å². The lowest BCUT2D eigenvalue weighted by Gasteiger charge is -2.14. The molecule has 3 N–H and O–H groups in total. The molecule has 0 aliphatic carbocycles. The molecule has 0 bridgehead atoms. The Kier molecular flexibility index (Phi) is 5.57. The third-order valence-corrected chi connectivity index (χ3v) is 3.25. The molecule has 0 unspecified atom stereocenters. The topological polar surface area (TPSA) is 83.4 Å². The summed E-state index contributed by atoms with van der Waals surface area (Å²) in [6.45, 7) is 1.99. The average Bonchev–Trinajstić information content (AvgIpc) is 3.05. The van der Waals surface area contributed by atoms with Crippen molar-refractivity contribution in [1.29, 1.82) is 0 Å². The molecule has 1 atom stereocenters. The number of carbonyl (C=O) groups excluding carboxylic acids is 2. The third-order valence-electron chi connectivity index (χ3n) is 3.00. The van der Waals surface area contributed by atoms with Crippen LogP contribution in [0, 0.1) is 0 Å². The van der Waals surface area contributed by atoms with Gasteiger partial charge in [0.05, 0.1) is 12.8 Å². The summed E-state index contributed by atoms with van der Waals surface area (Å²) >= 11 is 5.82. The van der Waals surface area contributed by atoms with E-state index in [1.165, 1.54) is 12.3 Å². The molecule has 0 saturated carbocycles. The summed E-state index contributed by atoms with van der Waals surface area (Å²) < 4.78 is 4.90. The number of hydrogen-bond acceptors (Lipinski definition) is 4. The highest BCUT2D eigenvalue weighted by molar-refractivity contribution is 6.30. The second-order valence-corrected chi connectivity index (χ2v) is 5.07. The highest BCUT2D eigenvalue weighted by Gasteiger charge is 2.11. The van der Waals surface area contributed by atoms with Crippen LogP contribution in [0.3, 0.4) is 0 Å². The van der Waals surface area contributed by atoms with Gasteiger partial charge in [0.2, 0.25) is 0 Å². The van der Waals surface area contributed by atoms with Crippen molar-refractivity contribution in [2.75, 3.05) is 6.54 Å². The van der Waals surface area contributed by atoms with Gasteiger partial charge in [-0.2, -0.15) is 0 Å². The van der Waals surface area contributed by atoms with E-state index in [0.717, 1.165) is 5.56 Å². The monoisotopic (exact) mass is 321 g/mol. The van der Waals surface area contributed by atoms with Crippen LogP contribution in [0.4, 0.5) is 0 Å². The summed E-state index contributed by atoms with van der Waals surface area (Å²) in [5.41, 5.74) is 5.58. The van der Waals surface area contributed by atoms with Crippen molar-refractivity contribution in [1.82, 2.24) is 16.2 Å². The Labute approximate surface area is 132 Å². The standard InChI is InChI=1S/C15H16ClN3O3/c1-10(11-4-6-12(16)7-5-11)17-9-14(20)18-19-15(21)13-3-2-8-22-13/h2-8,10,17H,9H2,1H3,(H,18,20)(H,19,21)/t10-/m0/s1. The zero-order valence-electron chi connectivity index (χ0n) is 11.9. The highest BCUT2D eigenvalue weighted by atomic mass is 35.5. The van der Waals surface area contributed by atoms with Gasteiger partial charge in [0.25, 0.3) is 5.91 Å². The fourth-order valence-corrected chi connectivity index (χ4v) is 1.88. The second-order valence-electron chi connectivity index (χ2n) is 4.63. The van der Waals surface area contributed by atoms with Crippen molar-refractivity contribution in [3.8, 4) is 0 Å². The number of furan rings is 1. The van der Waals surface area contributed by atoms with Crippen LogP contribution in [0.1, 0.15) is 29.1 Å². The Bertz CT molecular complexity index is 626. The lowest BCUT2D eigenvalue weighted by Crippen LogP contribution is -2.45. The minimum atomic E-state index is -0.510. The van der Waals surface area contributed by atoms with Crippen molar-refractivity contribution in [2.24, 2.45) is 0 Å². The first-order valence-electron chi connectivity index (χ1n) is 6.68. The summed E-state index contributed by atoms with van der Waals surface area (Å²) in [5.74, 6) is -0.743. The first-order chi connectivity index (χ1) is 10.6. The summed E-state index contributed by atoms with van der Waals surface area (Å²) in [6, 6.07) is 10.4. The number of rotatable bonds is 5. The van der Waals surface area contributed by atoms with Crippen molar-refractivity contribution < 1.29 is 14.0 Å². The summed E-state index contributed by atoms with van der Waals surface area (Å²) in [5, 5.41) is 3.71. The molecule has 6 nitrogen and oxygen atoms in total. The Morgan fingerprint density at radius 1 is 1.18 bits per heavy atom. The molecule has 0 saturated heterocycles. The molecule has 7 heteroatoms. The lowest BCUT2D eigenvalue weighted by molar-refractivity contribution is -0.121. The van der Waals surface area contributed by atoms with Crippen LogP contribution >= 0.6 is 11.6 Å². The number of benzene rings is 1. The quantitative estimate of drug-likeness (QED) is 0.736. The molecule has 0 spiro atoms. The molecule has 22 heavy (non-hydrogen) atoms. The number of halogens is 1. The van der Waals surface area contributed by atoms with Crippen LogP contribution in [-0.2, 0) is 4.79 Å². The largest absolute Gasteiger partial charge is 0.459 e. The maximum absolute atomic E-state index is 11.7. The van der Waals surface area contributed by atoms with Gasteiger partial charge >= 0.3 is 5.91 Å². The maximum Gasteiger partial charge on any atom is 0.305 e. The summed E-state index contributed by atoms with van der Waals surface area (Å²) in [4.78, 5) is 23.2. The number of carbonyl (C=O) groups is 2. The molecular formula is C15H16ClN3O3. The Morgan fingerprint density at radius 2 is 1.91 bits per heavy atom. The van der Waals surface area contributed by atoms with Gasteiger partial charge in [0, 0.05) is 11.1 Å². The van der Waals surface area contributed by atoms with Gasteiger partial charge in [0.1, 0.15) is 0 Å². The second kappa shape index (κ2) is 7.63. The molecule has 2 amide bonds. The van der Waals surface area contributed by atoms with Gasteiger partial charge in [0.15, 0.2) is 5.76 Å². The zero-order valence-corrected chi connectivity index (χ0v) is 12.7. The molecule has 1 heterocycles.